The summed E-state index contributed by atoms with van der Waals surface area (Å²) < 4.78 is 5.44. The van der Waals surface area contributed by atoms with Crippen LogP contribution in [0.2, 0.25) is 0 Å². The molecule has 0 aliphatic carbocycles. The monoisotopic (exact) mass is 512 g/mol. The first-order valence-corrected chi connectivity index (χ1v) is 12.9. The van der Waals surface area contributed by atoms with Crippen molar-refractivity contribution >= 4 is 34.6 Å². The van der Waals surface area contributed by atoms with E-state index in [1.54, 1.807) is 12.3 Å². The molecule has 10 nitrogen and oxygen atoms in total. The number of nitrogens with one attached hydrogen (secondary N) is 2. The molecule has 3 aromatic rings. The average Bonchev–Trinajstić information content (AvgIpc) is 2.95. The molecule has 1 amide bonds. The number of anilines is 5. The minimum Gasteiger partial charge on any atom is -0.381 e. The first-order valence-electron chi connectivity index (χ1n) is 12.9. The van der Waals surface area contributed by atoms with Crippen molar-refractivity contribution in [2.75, 3.05) is 59.8 Å². The third-order valence-electron chi connectivity index (χ3n) is 7.13. The van der Waals surface area contributed by atoms with E-state index >= 15 is 0 Å². The van der Waals surface area contributed by atoms with Gasteiger partial charge in [-0.25, -0.2) is 9.97 Å². The quantitative estimate of drug-likeness (QED) is 0.436. The Labute approximate surface area is 222 Å². The number of nitriles is 1. The Hall–Kier alpha value is -4.36. The van der Waals surface area contributed by atoms with Crippen LogP contribution in [-0.2, 0) is 4.74 Å². The SMILES string of the molecule is C[C@H]1CN(c2ccc(C#N)cn2)CC[C@H]1Nc1cc(Nc2ccc(N3CCOCC3)cc2)ncc1C(N)=O. The number of aromatic nitrogens is 2. The van der Waals surface area contributed by atoms with E-state index in [1.165, 1.54) is 6.20 Å². The maximum atomic E-state index is 12.2. The minimum absolute atomic E-state index is 0.144. The van der Waals surface area contributed by atoms with Gasteiger partial charge in [0.25, 0.3) is 5.91 Å². The second-order valence-electron chi connectivity index (χ2n) is 9.73. The number of amides is 1. The van der Waals surface area contributed by atoms with E-state index in [9.17, 15) is 4.79 Å². The Morgan fingerprint density at radius 3 is 2.53 bits per heavy atom. The molecular formula is C28H32N8O2. The standard InChI is InChI=1S/C28H32N8O2/c1-19-18-36(27-7-2-20(15-29)16-32-27)9-8-24(19)34-25-14-26(31-17-23(25)28(30)37)33-21-3-5-22(6-4-21)35-10-12-38-13-11-35/h2-7,14,16-17,19,24H,8-13,18H2,1H3,(H2,30,37)(H2,31,33,34)/t19-,24+/m0/s1. The highest BCUT2D eigenvalue weighted by Crippen LogP contribution is 2.28. The van der Waals surface area contributed by atoms with Crippen LogP contribution >= 0.6 is 0 Å². The van der Waals surface area contributed by atoms with Crippen molar-refractivity contribution < 1.29 is 9.53 Å². The van der Waals surface area contributed by atoms with E-state index in [-0.39, 0.29) is 12.0 Å². The highest BCUT2D eigenvalue weighted by molar-refractivity contribution is 5.98. The van der Waals surface area contributed by atoms with Crippen LogP contribution in [-0.4, -0.2) is 61.3 Å². The molecule has 10 heteroatoms. The van der Waals surface area contributed by atoms with Gasteiger partial charge < -0.3 is 30.9 Å². The van der Waals surface area contributed by atoms with Gasteiger partial charge in [-0.3, -0.25) is 4.79 Å². The number of morpholine rings is 1. The van der Waals surface area contributed by atoms with Gasteiger partial charge in [0.05, 0.1) is 30.0 Å². The maximum absolute atomic E-state index is 12.2. The Kier molecular flexibility index (Phi) is 7.56. The largest absolute Gasteiger partial charge is 0.381 e. The summed E-state index contributed by atoms with van der Waals surface area (Å²) in [5.74, 6) is 1.25. The minimum atomic E-state index is -0.520. The molecule has 2 aromatic heterocycles. The Balaban J connectivity index is 1.26. The molecule has 2 aliphatic rings. The number of primary amides is 1. The lowest BCUT2D eigenvalue weighted by atomic mass is 9.93. The molecule has 5 rings (SSSR count). The van der Waals surface area contributed by atoms with Crippen LogP contribution in [0.25, 0.3) is 0 Å². The lowest BCUT2D eigenvalue weighted by Crippen LogP contribution is -2.45. The first kappa shape index (κ1) is 25.3. The normalized spacial score (nSPS) is 19.5. The molecule has 0 unspecified atom stereocenters. The molecule has 2 fully saturated rings. The van der Waals surface area contributed by atoms with Gasteiger partial charge >= 0.3 is 0 Å². The highest BCUT2D eigenvalue weighted by atomic mass is 16.5. The number of benzene rings is 1. The molecule has 2 aliphatic heterocycles. The number of hydrogen-bond acceptors (Lipinski definition) is 9. The summed E-state index contributed by atoms with van der Waals surface area (Å²) in [6.45, 7) is 7.05. The molecular weight excluding hydrogens is 480 g/mol. The Bertz CT molecular complexity index is 1300. The van der Waals surface area contributed by atoms with Crippen molar-refractivity contribution in [1.82, 2.24) is 9.97 Å². The molecule has 4 heterocycles. The van der Waals surface area contributed by atoms with Gasteiger partial charge in [0.1, 0.15) is 17.7 Å². The van der Waals surface area contributed by atoms with Crippen LogP contribution in [0, 0.1) is 17.2 Å². The maximum Gasteiger partial charge on any atom is 0.252 e. The van der Waals surface area contributed by atoms with Crippen molar-refractivity contribution in [3.05, 3.63) is 66.0 Å². The van der Waals surface area contributed by atoms with Crippen LogP contribution in [0.4, 0.5) is 28.7 Å². The topological polar surface area (TPSA) is 132 Å². The molecule has 0 radical (unpaired) electrons. The van der Waals surface area contributed by atoms with Crippen LogP contribution in [0.3, 0.4) is 0 Å². The van der Waals surface area contributed by atoms with E-state index in [0.29, 0.717) is 22.6 Å². The van der Waals surface area contributed by atoms with Crippen LogP contribution < -0.4 is 26.2 Å². The summed E-state index contributed by atoms with van der Waals surface area (Å²) in [7, 11) is 0. The molecule has 196 valence electrons. The fraction of sp³-hybridized carbons (Fsp3) is 0.357. The summed E-state index contributed by atoms with van der Waals surface area (Å²) in [5.41, 5.74) is 9.32. The zero-order valence-electron chi connectivity index (χ0n) is 21.4. The van der Waals surface area contributed by atoms with Gasteiger partial charge in [-0.2, -0.15) is 5.26 Å². The molecule has 38 heavy (non-hydrogen) atoms. The van der Waals surface area contributed by atoms with Gasteiger partial charge in [0.2, 0.25) is 0 Å². The summed E-state index contributed by atoms with van der Waals surface area (Å²) in [4.78, 5) is 25.5. The van der Waals surface area contributed by atoms with E-state index in [0.717, 1.165) is 63.0 Å². The van der Waals surface area contributed by atoms with Crippen molar-refractivity contribution in [2.24, 2.45) is 11.7 Å². The number of hydrogen-bond donors (Lipinski definition) is 3. The number of piperidine rings is 1. The summed E-state index contributed by atoms with van der Waals surface area (Å²) in [5, 5.41) is 15.9. The van der Waals surface area contributed by atoms with Gasteiger partial charge in [-0.1, -0.05) is 6.92 Å². The van der Waals surface area contributed by atoms with Gasteiger partial charge in [0.15, 0.2) is 0 Å². The van der Waals surface area contributed by atoms with Gasteiger partial charge in [-0.05, 0) is 48.7 Å². The second-order valence-corrected chi connectivity index (χ2v) is 9.73. The number of carbonyl (C=O) groups excluding carboxylic acids is 1. The number of pyridine rings is 2. The predicted molar refractivity (Wildman–Crippen MR) is 148 cm³/mol. The van der Waals surface area contributed by atoms with Crippen molar-refractivity contribution in [1.29, 1.82) is 5.26 Å². The van der Waals surface area contributed by atoms with Gasteiger partial charge in [-0.15, -0.1) is 0 Å². The van der Waals surface area contributed by atoms with Crippen LogP contribution in [0.5, 0.6) is 0 Å². The summed E-state index contributed by atoms with van der Waals surface area (Å²) in [6.07, 6.45) is 3.98. The van der Waals surface area contributed by atoms with Crippen LogP contribution in [0.1, 0.15) is 29.3 Å². The fourth-order valence-corrected chi connectivity index (χ4v) is 4.97. The number of nitrogens with zero attached hydrogens (tertiary/aromatic N) is 5. The van der Waals surface area contributed by atoms with E-state index in [2.05, 4.69) is 55.5 Å². The molecule has 0 spiro atoms. The molecule has 2 saturated heterocycles. The van der Waals surface area contributed by atoms with Crippen molar-refractivity contribution in [3.63, 3.8) is 0 Å². The smallest absolute Gasteiger partial charge is 0.252 e. The molecule has 4 N–H and O–H groups in total. The van der Waals surface area contributed by atoms with Gasteiger partial charge in [0, 0.05) is 62.1 Å². The number of nitrogens with two attached hydrogens (primary N) is 1. The highest BCUT2D eigenvalue weighted by Gasteiger charge is 2.28. The fourth-order valence-electron chi connectivity index (χ4n) is 4.97. The Morgan fingerprint density at radius 2 is 1.87 bits per heavy atom. The summed E-state index contributed by atoms with van der Waals surface area (Å²) in [6, 6.07) is 16.0. The lowest BCUT2D eigenvalue weighted by Gasteiger charge is -2.38. The number of carbonyl (C=O) groups is 1. The molecule has 0 bridgehead atoms. The molecule has 2 atom stereocenters. The molecule has 1 aromatic carbocycles. The van der Waals surface area contributed by atoms with Crippen molar-refractivity contribution in [3.8, 4) is 6.07 Å². The van der Waals surface area contributed by atoms with E-state index < -0.39 is 5.91 Å². The number of ether oxygens (including phenoxy) is 1. The third-order valence-corrected chi connectivity index (χ3v) is 7.13. The second kappa shape index (κ2) is 11.4. The van der Waals surface area contributed by atoms with E-state index in [4.69, 9.17) is 15.7 Å². The van der Waals surface area contributed by atoms with Crippen LogP contribution in [0.15, 0.2) is 54.9 Å². The van der Waals surface area contributed by atoms with Crippen molar-refractivity contribution in [2.45, 2.75) is 19.4 Å². The average molecular weight is 513 g/mol. The third kappa shape index (κ3) is 5.79. The zero-order valence-corrected chi connectivity index (χ0v) is 21.4. The lowest BCUT2D eigenvalue weighted by molar-refractivity contribution is 0.100. The zero-order chi connectivity index (χ0) is 26.5. The predicted octanol–water partition coefficient (Wildman–Crippen LogP) is 3.35. The molecule has 0 saturated carbocycles. The number of rotatable bonds is 7. The Morgan fingerprint density at radius 1 is 1.08 bits per heavy atom. The van der Waals surface area contributed by atoms with E-state index in [1.807, 2.05) is 24.3 Å². The summed E-state index contributed by atoms with van der Waals surface area (Å²) >= 11 is 0. The first-order chi connectivity index (χ1) is 18.5.